The minimum absolute atomic E-state index is 0.298. The fourth-order valence-electron chi connectivity index (χ4n) is 2.23. The lowest BCUT2D eigenvalue weighted by molar-refractivity contribution is 0.204. The van der Waals surface area contributed by atoms with E-state index in [0.717, 1.165) is 16.6 Å². The lowest BCUT2D eigenvalue weighted by atomic mass is 10.0. The summed E-state index contributed by atoms with van der Waals surface area (Å²) in [6.45, 7) is 0. The van der Waals surface area contributed by atoms with Gasteiger partial charge in [0.05, 0.1) is 6.10 Å². The van der Waals surface area contributed by atoms with Gasteiger partial charge in [-0.1, -0.05) is 49.6 Å². The molecule has 1 unspecified atom stereocenters. The fraction of sp³-hybridized carbons (Fsp3) is 0.571. The Morgan fingerprint density at radius 3 is 2.50 bits per heavy atom. The molecule has 1 N–H and O–H groups in total. The minimum atomic E-state index is -0.298. The summed E-state index contributed by atoms with van der Waals surface area (Å²) in [5.41, 5.74) is 1.05. The van der Waals surface area contributed by atoms with Gasteiger partial charge >= 0.3 is 0 Å². The molecule has 0 heterocycles. The van der Waals surface area contributed by atoms with Crippen molar-refractivity contribution in [3.05, 3.63) is 35.9 Å². The predicted octanol–water partition coefficient (Wildman–Crippen LogP) is 3.79. The van der Waals surface area contributed by atoms with Crippen molar-refractivity contribution in [1.29, 1.82) is 0 Å². The van der Waals surface area contributed by atoms with E-state index in [1.54, 1.807) is 0 Å². The summed E-state index contributed by atoms with van der Waals surface area (Å²) < 4.78 is 0. The second-order valence-corrected chi connectivity index (χ2v) is 5.85. The van der Waals surface area contributed by atoms with Crippen molar-refractivity contribution in [2.45, 2.75) is 43.5 Å². The van der Waals surface area contributed by atoms with E-state index < -0.39 is 0 Å². The van der Waals surface area contributed by atoms with Crippen molar-refractivity contribution in [1.82, 2.24) is 0 Å². The van der Waals surface area contributed by atoms with Gasteiger partial charge in [0.15, 0.2) is 0 Å². The van der Waals surface area contributed by atoms with Gasteiger partial charge in [0.2, 0.25) is 0 Å². The zero-order valence-electron chi connectivity index (χ0n) is 9.64. The third-order valence-corrected chi connectivity index (χ3v) is 4.68. The third kappa shape index (κ3) is 3.53. The van der Waals surface area contributed by atoms with E-state index in [0.29, 0.717) is 0 Å². The maximum atomic E-state index is 10.0. The summed E-state index contributed by atoms with van der Waals surface area (Å²) in [4.78, 5) is 0. The van der Waals surface area contributed by atoms with Gasteiger partial charge in [-0.15, -0.1) is 0 Å². The van der Waals surface area contributed by atoms with Crippen LogP contribution in [0, 0.1) is 0 Å². The van der Waals surface area contributed by atoms with E-state index in [-0.39, 0.29) is 6.10 Å². The average Bonchev–Trinajstić information content (AvgIpc) is 2.38. The number of rotatable bonds is 4. The zero-order chi connectivity index (χ0) is 11.2. The summed E-state index contributed by atoms with van der Waals surface area (Å²) in [5, 5.41) is 10.8. The Labute approximate surface area is 102 Å². The first-order valence-corrected chi connectivity index (χ1v) is 7.26. The zero-order valence-corrected chi connectivity index (χ0v) is 10.5. The average molecular weight is 236 g/mol. The lowest BCUT2D eigenvalue weighted by Crippen LogP contribution is -2.11. The molecule has 16 heavy (non-hydrogen) atoms. The number of aliphatic hydroxyl groups is 1. The normalized spacial score (nSPS) is 19.6. The molecule has 1 fully saturated rings. The summed E-state index contributed by atoms with van der Waals surface area (Å²) >= 11 is 1.95. The van der Waals surface area contributed by atoms with Gasteiger partial charge in [-0.05, 0) is 18.4 Å². The number of aliphatic hydroxyl groups excluding tert-OH is 1. The fourth-order valence-corrected chi connectivity index (χ4v) is 3.54. The van der Waals surface area contributed by atoms with Crippen LogP contribution in [0.3, 0.4) is 0 Å². The van der Waals surface area contributed by atoms with Crippen LogP contribution in [0.4, 0.5) is 0 Å². The Balaban J connectivity index is 1.77. The van der Waals surface area contributed by atoms with Crippen molar-refractivity contribution in [2.24, 2.45) is 0 Å². The third-order valence-electron chi connectivity index (χ3n) is 3.23. The van der Waals surface area contributed by atoms with E-state index in [1.165, 1.54) is 32.1 Å². The van der Waals surface area contributed by atoms with Gasteiger partial charge in [-0.2, -0.15) is 11.8 Å². The van der Waals surface area contributed by atoms with Crippen LogP contribution in [0.5, 0.6) is 0 Å². The van der Waals surface area contributed by atoms with Crippen LogP contribution in [-0.4, -0.2) is 16.1 Å². The molecule has 0 spiro atoms. The maximum absolute atomic E-state index is 10.0. The highest BCUT2D eigenvalue weighted by Crippen LogP contribution is 2.30. The summed E-state index contributed by atoms with van der Waals surface area (Å²) in [6, 6.07) is 9.98. The minimum Gasteiger partial charge on any atom is -0.388 e. The highest BCUT2D eigenvalue weighted by molar-refractivity contribution is 7.99. The van der Waals surface area contributed by atoms with Crippen molar-refractivity contribution >= 4 is 11.8 Å². The van der Waals surface area contributed by atoms with Gasteiger partial charge in [0, 0.05) is 11.0 Å². The number of benzene rings is 1. The molecule has 0 aromatic heterocycles. The molecule has 1 saturated carbocycles. The number of hydrogen-bond acceptors (Lipinski definition) is 2. The number of hydrogen-bond donors (Lipinski definition) is 1. The molecule has 0 radical (unpaired) electrons. The van der Waals surface area contributed by atoms with Crippen LogP contribution in [0.25, 0.3) is 0 Å². The SMILES string of the molecule is OC(CSC1CCCCC1)c1ccccc1. The monoisotopic (exact) mass is 236 g/mol. The molecule has 0 aliphatic heterocycles. The van der Waals surface area contributed by atoms with Crippen molar-refractivity contribution in [3.8, 4) is 0 Å². The van der Waals surface area contributed by atoms with Crippen LogP contribution in [0.1, 0.15) is 43.8 Å². The van der Waals surface area contributed by atoms with Gasteiger partial charge in [0.1, 0.15) is 0 Å². The van der Waals surface area contributed by atoms with Crippen LogP contribution >= 0.6 is 11.8 Å². The summed E-state index contributed by atoms with van der Waals surface area (Å²) in [6.07, 6.45) is 6.53. The van der Waals surface area contributed by atoms with Crippen LogP contribution in [-0.2, 0) is 0 Å². The van der Waals surface area contributed by atoms with Gasteiger partial charge < -0.3 is 5.11 Å². The molecule has 1 aliphatic carbocycles. The Hall–Kier alpha value is -0.470. The Morgan fingerprint density at radius 2 is 1.81 bits per heavy atom. The van der Waals surface area contributed by atoms with E-state index >= 15 is 0 Å². The maximum Gasteiger partial charge on any atom is 0.0880 e. The molecule has 0 bridgehead atoms. The molecule has 88 valence electrons. The Morgan fingerprint density at radius 1 is 1.12 bits per heavy atom. The van der Waals surface area contributed by atoms with Crippen LogP contribution < -0.4 is 0 Å². The van der Waals surface area contributed by atoms with Gasteiger partial charge in [0.25, 0.3) is 0 Å². The molecule has 1 aromatic rings. The molecule has 0 amide bonds. The second kappa shape index (κ2) is 6.31. The summed E-state index contributed by atoms with van der Waals surface area (Å²) in [7, 11) is 0. The molecule has 1 aliphatic rings. The van der Waals surface area contributed by atoms with Crippen LogP contribution in [0.2, 0.25) is 0 Å². The van der Waals surface area contributed by atoms with Crippen molar-refractivity contribution in [2.75, 3.05) is 5.75 Å². The van der Waals surface area contributed by atoms with E-state index in [9.17, 15) is 5.11 Å². The molecule has 0 saturated heterocycles. The quantitative estimate of drug-likeness (QED) is 0.858. The predicted molar refractivity (Wildman–Crippen MR) is 70.7 cm³/mol. The smallest absolute Gasteiger partial charge is 0.0880 e. The highest BCUT2D eigenvalue weighted by Gasteiger charge is 2.16. The standard InChI is InChI=1S/C14H20OS/c15-14(12-7-3-1-4-8-12)11-16-13-9-5-2-6-10-13/h1,3-4,7-8,13-15H,2,5-6,9-11H2. The van der Waals surface area contributed by atoms with Crippen molar-refractivity contribution < 1.29 is 5.11 Å². The topological polar surface area (TPSA) is 20.2 Å². The van der Waals surface area contributed by atoms with E-state index in [2.05, 4.69) is 0 Å². The molecule has 1 aromatic carbocycles. The molecule has 1 atom stereocenters. The molecule has 2 rings (SSSR count). The first-order chi connectivity index (χ1) is 7.86. The van der Waals surface area contributed by atoms with Crippen molar-refractivity contribution in [3.63, 3.8) is 0 Å². The molecule has 1 nitrogen and oxygen atoms in total. The highest BCUT2D eigenvalue weighted by atomic mass is 32.2. The Bertz CT molecular complexity index is 293. The van der Waals surface area contributed by atoms with Gasteiger partial charge in [-0.25, -0.2) is 0 Å². The van der Waals surface area contributed by atoms with E-state index in [1.807, 2.05) is 42.1 Å². The lowest BCUT2D eigenvalue weighted by Gasteiger charge is -2.22. The first kappa shape index (κ1) is 12.0. The molecular weight excluding hydrogens is 216 g/mol. The first-order valence-electron chi connectivity index (χ1n) is 6.21. The van der Waals surface area contributed by atoms with Gasteiger partial charge in [-0.3, -0.25) is 0 Å². The molecule has 2 heteroatoms. The second-order valence-electron chi connectivity index (χ2n) is 4.52. The van der Waals surface area contributed by atoms with E-state index in [4.69, 9.17) is 0 Å². The van der Waals surface area contributed by atoms with Crippen LogP contribution in [0.15, 0.2) is 30.3 Å². The summed E-state index contributed by atoms with van der Waals surface area (Å²) in [5.74, 6) is 0.842. The largest absolute Gasteiger partial charge is 0.388 e. The number of thioether (sulfide) groups is 1. The Kier molecular flexibility index (Phi) is 4.73. The molecular formula is C14H20OS.